The van der Waals surface area contributed by atoms with Crippen molar-refractivity contribution in [1.82, 2.24) is 10.2 Å². The van der Waals surface area contributed by atoms with Crippen LogP contribution in [-0.4, -0.2) is 30.3 Å². The summed E-state index contributed by atoms with van der Waals surface area (Å²) in [6.45, 7) is 2.00. The fourth-order valence-corrected chi connectivity index (χ4v) is 2.72. The zero-order chi connectivity index (χ0) is 19.9. The molecule has 0 bridgehead atoms. The third kappa shape index (κ3) is 4.97. The van der Waals surface area contributed by atoms with Gasteiger partial charge in [-0.15, -0.1) is 10.2 Å². The van der Waals surface area contributed by atoms with Crippen LogP contribution >= 0.6 is 0 Å². The Morgan fingerprint density at radius 1 is 0.929 bits per heavy atom. The molecule has 3 aromatic rings. The number of carbonyl (C=O) groups excluding carboxylic acids is 1. The maximum Gasteiger partial charge on any atom is 0.229 e. The number of carbonyl (C=O) groups is 1. The van der Waals surface area contributed by atoms with Gasteiger partial charge in [-0.25, -0.2) is 0 Å². The van der Waals surface area contributed by atoms with Gasteiger partial charge >= 0.3 is 0 Å². The Labute approximate surface area is 163 Å². The summed E-state index contributed by atoms with van der Waals surface area (Å²) >= 11 is 0. The van der Waals surface area contributed by atoms with Crippen molar-refractivity contribution in [2.45, 2.75) is 13.3 Å². The molecular formula is C21H22N4O3. The first kappa shape index (κ1) is 19.2. The largest absolute Gasteiger partial charge is 0.493 e. The van der Waals surface area contributed by atoms with E-state index in [0.29, 0.717) is 23.1 Å². The van der Waals surface area contributed by atoms with E-state index >= 15 is 0 Å². The molecule has 0 unspecified atom stereocenters. The summed E-state index contributed by atoms with van der Waals surface area (Å²) in [6, 6.07) is 16.7. The van der Waals surface area contributed by atoms with Crippen molar-refractivity contribution in [3.63, 3.8) is 0 Å². The van der Waals surface area contributed by atoms with Gasteiger partial charge in [-0.05, 0) is 36.8 Å². The molecule has 2 aromatic carbocycles. The molecule has 0 radical (unpaired) electrons. The summed E-state index contributed by atoms with van der Waals surface area (Å²) in [5.41, 5.74) is 2.86. The highest BCUT2D eigenvalue weighted by atomic mass is 16.5. The zero-order valence-corrected chi connectivity index (χ0v) is 16.0. The molecule has 1 heterocycles. The minimum absolute atomic E-state index is 0.138. The molecule has 7 nitrogen and oxygen atoms in total. The molecule has 7 heteroatoms. The molecule has 144 valence electrons. The molecule has 0 atom stereocenters. The first-order valence-electron chi connectivity index (χ1n) is 8.75. The predicted octanol–water partition coefficient (Wildman–Crippen LogP) is 3.73. The monoisotopic (exact) mass is 378 g/mol. The Bertz CT molecular complexity index is 958. The Balaban J connectivity index is 1.61. The molecule has 1 aromatic heterocycles. The van der Waals surface area contributed by atoms with Gasteiger partial charge in [-0.3, -0.25) is 4.79 Å². The molecule has 0 aliphatic heterocycles. The van der Waals surface area contributed by atoms with Crippen molar-refractivity contribution in [3.8, 4) is 11.5 Å². The van der Waals surface area contributed by atoms with Crippen molar-refractivity contribution in [3.05, 3.63) is 65.7 Å². The van der Waals surface area contributed by atoms with E-state index in [1.54, 1.807) is 38.5 Å². The summed E-state index contributed by atoms with van der Waals surface area (Å²) in [6.07, 6.45) is 0.287. The molecule has 3 rings (SSSR count). The summed E-state index contributed by atoms with van der Waals surface area (Å²) in [5, 5.41) is 14.0. The van der Waals surface area contributed by atoms with E-state index in [1.165, 1.54) is 0 Å². The van der Waals surface area contributed by atoms with Crippen molar-refractivity contribution in [1.29, 1.82) is 0 Å². The van der Waals surface area contributed by atoms with Crippen LogP contribution in [0.5, 0.6) is 11.5 Å². The van der Waals surface area contributed by atoms with Crippen LogP contribution in [0.4, 0.5) is 17.3 Å². The van der Waals surface area contributed by atoms with E-state index in [-0.39, 0.29) is 12.3 Å². The molecule has 0 saturated carbocycles. The number of aromatic nitrogens is 2. The third-order valence-corrected chi connectivity index (χ3v) is 4.04. The molecule has 28 heavy (non-hydrogen) atoms. The highest BCUT2D eigenvalue weighted by Gasteiger charge is 2.08. The Morgan fingerprint density at radius 2 is 1.68 bits per heavy atom. The first-order valence-corrected chi connectivity index (χ1v) is 8.75. The first-order chi connectivity index (χ1) is 13.6. The summed E-state index contributed by atoms with van der Waals surface area (Å²) in [4.78, 5) is 12.2. The smallest absolute Gasteiger partial charge is 0.229 e. The molecule has 0 spiro atoms. The average molecular weight is 378 g/mol. The lowest BCUT2D eigenvalue weighted by atomic mass is 10.1. The molecule has 2 N–H and O–H groups in total. The quantitative estimate of drug-likeness (QED) is 0.652. The predicted molar refractivity (Wildman–Crippen MR) is 108 cm³/mol. The maximum absolute atomic E-state index is 12.2. The second-order valence-electron chi connectivity index (χ2n) is 6.21. The molecule has 1 amide bonds. The number of nitrogens with zero attached hydrogens (tertiary/aromatic N) is 2. The second kappa shape index (κ2) is 8.85. The number of nitrogens with one attached hydrogen (secondary N) is 2. The fourth-order valence-electron chi connectivity index (χ4n) is 2.72. The van der Waals surface area contributed by atoms with Crippen LogP contribution in [0.15, 0.2) is 54.6 Å². The molecular weight excluding hydrogens is 356 g/mol. The van der Waals surface area contributed by atoms with Crippen molar-refractivity contribution < 1.29 is 14.3 Å². The van der Waals surface area contributed by atoms with Gasteiger partial charge in [0.25, 0.3) is 0 Å². The number of amides is 1. The number of hydrogen-bond donors (Lipinski definition) is 2. The highest BCUT2D eigenvalue weighted by Crippen LogP contribution is 2.30. The van der Waals surface area contributed by atoms with E-state index in [4.69, 9.17) is 9.47 Å². The maximum atomic E-state index is 12.2. The Kier molecular flexibility index (Phi) is 6.06. The number of anilines is 3. The fraction of sp³-hybridized carbons (Fsp3) is 0.190. The van der Waals surface area contributed by atoms with Crippen LogP contribution in [0, 0.1) is 6.92 Å². The topological polar surface area (TPSA) is 85.4 Å². The van der Waals surface area contributed by atoms with E-state index in [2.05, 4.69) is 20.8 Å². The summed E-state index contributed by atoms with van der Waals surface area (Å²) < 4.78 is 10.5. The van der Waals surface area contributed by atoms with Gasteiger partial charge in [-0.2, -0.15) is 0 Å². The molecule has 0 aliphatic rings. The zero-order valence-electron chi connectivity index (χ0n) is 16.0. The number of methoxy groups -OCH3 is 2. The average Bonchev–Trinajstić information content (AvgIpc) is 2.69. The highest BCUT2D eigenvalue weighted by molar-refractivity contribution is 5.91. The van der Waals surface area contributed by atoms with Gasteiger partial charge in [0.05, 0.1) is 20.6 Å². The lowest BCUT2D eigenvalue weighted by molar-refractivity contribution is -0.115. The minimum Gasteiger partial charge on any atom is -0.493 e. The van der Waals surface area contributed by atoms with E-state index < -0.39 is 0 Å². The van der Waals surface area contributed by atoms with Crippen LogP contribution in [0.25, 0.3) is 0 Å². The van der Waals surface area contributed by atoms with Gasteiger partial charge in [0, 0.05) is 11.8 Å². The van der Waals surface area contributed by atoms with E-state index in [1.807, 2.05) is 37.3 Å². The van der Waals surface area contributed by atoms with Crippen molar-refractivity contribution in [2.24, 2.45) is 0 Å². The Morgan fingerprint density at radius 3 is 2.36 bits per heavy atom. The number of benzene rings is 2. The summed E-state index contributed by atoms with van der Waals surface area (Å²) in [7, 11) is 3.16. The number of aryl methyl sites for hydroxylation is 1. The normalized spacial score (nSPS) is 10.2. The number of rotatable bonds is 7. The Hall–Kier alpha value is -3.61. The van der Waals surface area contributed by atoms with Crippen LogP contribution in [0.3, 0.4) is 0 Å². The molecule has 0 aliphatic carbocycles. The van der Waals surface area contributed by atoms with E-state index in [0.717, 1.165) is 16.8 Å². The van der Waals surface area contributed by atoms with Gasteiger partial charge in [0.15, 0.2) is 23.1 Å². The van der Waals surface area contributed by atoms with Crippen molar-refractivity contribution in [2.75, 3.05) is 24.9 Å². The lowest BCUT2D eigenvalue weighted by Gasteiger charge is -2.11. The van der Waals surface area contributed by atoms with E-state index in [9.17, 15) is 4.79 Å². The van der Waals surface area contributed by atoms with Gasteiger partial charge in [-0.1, -0.05) is 29.8 Å². The third-order valence-electron chi connectivity index (χ3n) is 4.04. The van der Waals surface area contributed by atoms with Crippen LogP contribution in [0.1, 0.15) is 11.1 Å². The summed E-state index contributed by atoms with van der Waals surface area (Å²) in [5.74, 6) is 2.06. The SMILES string of the molecule is COc1ccc(Nc2ccc(NC(=O)Cc3cccc(C)c3)nn2)cc1OC. The van der Waals surface area contributed by atoms with Gasteiger partial charge < -0.3 is 20.1 Å². The molecule has 0 saturated heterocycles. The standard InChI is InChI=1S/C21H22N4O3/c1-14-5-4-6-15(11-14)12-21(26)23-20-10-9-19(24-25-20)22-16-7-8-17(27-2)18(13-16)28-3/h4-11,13H,12H2,1-3H3,(H,22,24)(H,23,25,26). The van der Waals surface area contributed by atoms with Crippen LogP contribution in [0.2, 0.25) is 0 Å². The lowest BCUT2D eigenvalue weighted by Crippen LogP contribution is -2.15. The van der Waals surface area contributed by atoms with Crippen LogP contribution < -0.4 is 20.1 Å². The number of hydrogen-bond acceptors (Lipinski definition) is 6. The van der Waals surface area contributed by atoms with Gasteiger partial charge in [0.2, 0.25) is 5.91 Å². The second-order valence-corrected chi connectivity index (χ2v) is 6.21. The van der Waals surface area contributed by atoms with Crippen molar-refractivity contribution >= 4 is 23.2 Å². The number of ether oxygens (including phenoxy) is 2. The minimum atomic E-state index is -0.138. The molecule has 0 fully saturated rings. The van der Waals surface area contributed by atoms with Gasteiger partial charge in [0.1, 0.15) is 0 Å². The van der Waals surface area contributed by atoms with Crippen LogP contribution in [-0.2, 0) is 11.2 Å².